The zero-order valence-electron chi connectivity index (χ0n) is 14.9. The second-order valence-electron chi connectivity index (χ2n) is 7.44. The zero-order valence-corrected chi connectivity index (χ0v) is 14.9. The smallest absolute Gasteiger partial charge is 0.115 e. The van der Waals surface area contributed by atoms with Crippen molar-refractivity contribution in [3.8, 4) is 5.75 Å². The Morgan fingerprint density at radius 2 is 2.19 bits per heavy atom. The van der Waals surface area contributed by atoms with Gasteiger partial charge in [0.25, 0.3) is 0 Å². The maximum absolute atomic E-state index is 9.99. The minimum atomic E-state index is 0.0457. The molecule has 3 aromatic rings. The maximum atomic E-state index is 9.99. The van der Waals surface area contributed by atoms with Gasteiger partial charge in [-0.2, -0.15) is 5.10 Å². The Labute approximate surface area is 152 Å². The van der Waals surface area contributed by atoms with Gasteiger partial charge < -0.3 is 10.1 Å². The number of aromatic amines is 1. The maximum Gasteiger partial charge on any atom is 0.115 e. The standard InChI is InChI=1S/C20H23N5O/c1-24-19(13-5-6-13)15(10-23-24)11-25-8-7-17-18(22-12-21-17)20(25)14-3-2-4-16(26)9-14/h2-4,9-10,12-13,20,26H,5-8,11H2,1H3,(H,21,22). The number of H-pyrrole nitrogens is 1. The summed E-state index contributed by atoms with van der Waals surface area (Å²) in [6.07, 6.45) is 7.30. The number of aromatic hydroxyl groups is 1. The summed E-state index contributed by atoms with van der Waals surface area (Å²) in [5.41, 5.74) is 6.04. The molecule has 2 N–H and O–H groups in total. The van der Waals surface area contributed by atoms with Crippen LogP contribution in [0.5, 0.6) is 5.75 Å². The lowest BCUT2D eigenvalue weighted by atomic mass is 9.94. The van der Waals surface area contributed by atoms with Crippen LogP contribution in [0.3, 0.4) is 0 Å². The van der Waals surface area contributed by atoms with Gasteiger partial charge in [0.2, 0.25) is 0 Å². The van der Waals surface area contributed by atoms with Gasteiger partial charge in [0.05, 0.1) is 24.3 Å². The molecule has 1 fully saturated rings. The average Bonchev–Trinajstić information content (AvgIpc) is 3.23. The van der Waals surface area contributed by atoms with Crippen LogP contribution in [-0.2, 0) is 20.0 Å². The zero-order chi connectivity index (χ0) is 17.7. The van der Waals surface area contributed by atoms with Crippen molar-refractivity contribution in [2.45, 2.75) is 37.8 Å². The molecule has 1 atom stereocenters. The number of rotatable bonds is 4. The van der Waals surface area contributed by atoms with Crippen LogP contribution in [0.2, 0.25) is 0 Å². The van der Waals surface area contributed by atoms with Crippen LogP contribution < -0.4 is 0 Å². The molecule has 0 spiro atoms. The van der Waals surface area contributed by atoms with Gasteiger partial charge in [-0.3, -0.25) is 9.58 Å². The van der Waals surface area contributed by atoms with E-state index >= 15 is 0 Å². The molecule has 26 heavy (non-hydrogen) atoms. The Morgan fingerprint density at radius 3 is 3.00 bits per heavy atom. The fraction of sp³-hybridized carbons (Fsp3) is 0.400. The van der Waals surface area contributed by atoms with Crippen LogP contribution in [0.15, 0.2) is 36.8 Å². The number of phenols is 1. The van der Waals surface area contributed by atoms with Gasteiger partial charge in [-0.1, -0.05) is 12.1 Å². The van der Waals surface area contributed by atoms with Crippen LogP contribution in [0.25, 0.3) is 0 Å². The molecular formula is C20H23N5O. The van der Waals surface area contributed by atoms with E-state index in [-0.39, 0.29) is 6.04 Å². The summed E-state index contributed by atoms with van der Waals surface area (Å²) < 4.78 is 2.04. The quantitative estimate of drug-likeness (QED) is 0.760. The fourth-order valence-corrected chi connectivity index (χ4v) is 4.28. The summed E-state index contributed by atoms with van der Waals surface area (Å²) in [5.74, 6) is 0.965. The third-order valence-electron chi connectivity index (χ3n) is 5.61. The first kappa shape index (κ1) is 15.6. The van der Waals surface area contributed by atoms with Crippen LogP contribution in [0.4, 0.5) is 0 Å². The summed E-state index contributed by atoms with van der Waals surface area (Å²) in [4.78, 5) is 10.4. The van der Waals surface area contributed by atoms with Crippen LogP contribution in [-0.4, -0.2) is 36.3 Å². The monoisotopic (exact) mass is 349 g/mol. The number of imidazole rings is 1. The molecule has 5 rings (SSSR count). The van der Waals surface area contributed by atoms with E-state index in [0.29, 0.717) is 11.7 Å². The second-order valence-corrected chi connectivity index (χ2v) is 7.44. The topological polar surface area (TPSA) is 70.0 Å². The molecule has 0 radical (unpaired) electrons. The van der Waals surface area contributed by atoms with Gasteiger partial charge in [-0.25, -0.2) is 4.98 Å². The molecule has 0 bridgehead atoms. The van der Waals surface area contributed by atoms with E-state index in [1.54, 1.807) is 12.4 Å². The number of fused-ring (bicyclic) bond motifs is 1. The van der Waals surface area contributed by atoms with Gasteiger partial charge >= 0.3 is 0 Å². The van der Waals surface area contributed by atoms with Crippen molar-refractivity contribution in [3.05, 3.63) is 65.0 Å². The van der Waals surface area contributed by atoms with E-state index in [4.69, 9.17) is 0 Å². The van der Waals surface area contributed by atoms with Crippen molar-refractivity contribution in [1.82, 2.24) is 24.6 Å². The van der Waals surface area contributed by atoms with Crippen LogP contribution >= 0.6 is 0 Å². The van der Waals surface area contributed by atoms with Crippen LogP contribution in [0, 0.1) is 0 Å². The summed E-state index contributed by atoms with van der Waals surface area (Å²) in [5, 5.41) is 14.5. The first-order chi connectivity index (χ1) is 12.7. The van der Waals surface area contributed by atoms with E-state index in [2.05, 4.69) is 26.0 Å². The predicted molar refractivity (Wildman–Crippen MR) is 97.8 cm³/mol. The molecule has 0 amide bonds. The highest BCUT2D eigenvalue weighted by molar-refractivity contribution is 5.37. The van der Waals surface area contributed by atoms with E-state index in [9.17, 15) is 5.11 Å². The first-order valence-corrected chi connectivity index (χ1v) is 9.26. The SMILES string of the molecule is Cn1ncc(CN2CCc3[nH]cnc3C2c2cccc(O)c2)c1C1CC1. The first-order valence-electron chi connectivity index (χ1n) is 9.26. The average molecular weight is 349 g/mol. The molecule has 1 unspecified atom stereocenters. The molecule has 1 aliphatic carbocycles. The molecule has 1 aromatic carbocycles. The third-order valence-corrected chi connectivity index (χ3v) is 5.61. The summed E-state index contributed by atoms with van der Waals surface area (Å²) in [6, 6.07) is 7.60. The van der Waals surface area contributed by atoms with E-state index in [1.807, 2.05) is 30.1 Å². The molecule has 2 aromatic heterocycles. The van der Waals surface area contributed by atoms with Crippen molar-refractivity contribution >= 4 is 0 Å². The molecule has 2 aliphatic rings. The number of hydrogen-bond donors (Lipinski definition) is 2. The number of aromatic nitrogens is 4. The molecule has 1 aliphatic heterocycles. The van der Waals surface area contributed by atoms with Crippen molar-refractivity contribution in [3.63, 3.8) is 0 Å². The Hall–Kier alpha value is -2.60. The van der Waals surface area contributed by atoms with Gasteiger partial charge in [-0.15, -0.1) is 0 Å². The normalized spacial score (nSPS) is 20.3. The molecule has 6 nitrogen and oxygen atoms in total. The minimum absolute atomic E-state index is 0.0457. The Bertz CT molecular complexity index is 939. The van der Waals surface area contributed by atoms with Crippen molar-refractivity contribution in [2.75, 3.05) is 6.54 Å². The highest BCUT2D eigenvalue weighted by Gasteiger charge is 2.34. The molecule has 1 saturated carbocycles. The Morgan fingerprint density at radius 1 is 1.31 bits per heavy atom. The minimum Gasteiger partial charge on any atom is -0.508 e. The number of aryl methyl sites for hydroxylation is 1. The second kappa shape index (κ2) is 5.99. The predicted octanol–water partition coefficient (Wildman–Crippen LogP) is 2.87. The van der Waals surface area contributed by atoms with Gasteiger partial charge in [0, 0.05) is 49.4 Å². The van der Waals surface area contributed by atoms with Gasteiger partial charge in [0.1, 0.15) is 5.75 Å². The van der Waals surface area contributed by atoms with Gasteiger partial charge in [0.15, 0.2) is 0 Å². The highest BCUT2D eigenvalue weighted by atomic mass is 16.3. The molecule has 3 heterocycles. The van der Waals surface area contributed by atoms with Crippen LogP contribution in [0.1, 0.15) is 53.0 Å². The molecule has 0 saturated heterocycles. The lowest BCUT2D eigenvalue weighted by Crippen LogP contribution is -2.36. The summed E-state index contributed by atoms with van der Waals surface area (Å²) >= 11 is 0. The Balaban J connectivity index is 1.53. The van der Waals surface area contributed by atoms with E-state index in [1.165, 1.54) is 29.8 Å². The highest BCUT2D eigenvalue weighted by Crippen LogP contribution is 2.42. The number of nitrogens with one attached hydrogen (secondary N) is 1. The van der Waals surface area contributed by atoms with Crippen molar-refractivity contribution in [1.29, 1.82) is 0 Å². The molecular weight excluding hydrogens is 326 g/mol. The molecule has 134 valence electrons. The third kappa shape index (κ3) is 2.61. The fourth-order valence-electron chi connectivity index (χ4n) is 4.28. The van der Waals surface area contributed by atoms with Crippen molar-refractivity contribution < 1.29 is 5.11 Å². The molecule has 6 heteroatoms. The lowest BCUT2D eigenvalue weighted by molar-refractivity contribution is 0.199. The van der Waals surface area contributed by atoms with Gasteiger partial charge in [-0.05, 0) is 30.5 Å². The summed E-state index contributed by atoms with van der Waals surface area (Å²) in [6.45, 7) is 1.81. The number of phenolic OH excluding ortho intramolecular Hbond substituents is 1. The number of benzene rings is 1. The Kier molecular flexibility index (Phi) is 3.60. The van der Waals surface area contributed by atoms with E-state index < -0.39 is 0 Å². The largest absolute Gasteiger partial charge is 0.508 e. The summed E-state index contributed by atoms with van der Waals surface area (Å²) in [7, 11) is 2.05. The number of hydrogen-bond acceptors (Lipinski definition) is 4. The lowest BCUT2D eigenvalue weighted by Gasteiger charge is -2.35. The van der Waals surface area contributed by atoms with E-state index in [0.717, 1.165) is 30.8 Å². The van der Waals surface area contributed by atoms with Crippen molar-refractivity contribution in [2.24, 2.45) is 7.05 Å². The number of nitrogens with zero attached hydrogens (tertiary/aromatic N) is 4.